The van der Waals surface area contributed by atoms with E-state index in [2.05, 4.69) is 0 Å². The summed E-state index contributed by atoms with van der Waals surface area (Å²) in [5.41, 5.74) is -0.135. The molecule has 0 atom stereocenters. The highest BCUT2D eigenvalue weighted by Crippen LogP contribution is 2.47. The van der Waals surface area contributed by atoms with Crippen LogP contribution in [0.1, 0.15) is 18.4 Å². The minimum Gasteiger partial charge on any atom is -0.480 e. The fourth-order valence-electron chi connectivity index (χ4n) is 2.77. The third kappa shape index (κ3) is 2.27. The number of aliphatic carboxylic acids is 1. The van der Waals surface area contributed by atoms with Gasteiger partial charge < -0.3 is 10.0 Å². The molecule has 3 rings (SSSR count). The van der Waals surface area contributed by atoms with Gasteiger partial charge in [0.15, 0.2) is 0 Å². The van der Waals surface area contributed by atoms with Crippen LogP contribution in [0.15, 0.2) is 42.5 Å². The van der Waals surface area contributed by atoms with Crippen molar-refractivity contribution in [2.24, 2.45) is 5.41 Å². The Morgan fingerprint density at radius 1 is 1.14 bits per heavy atom. The number of fused-ring (bicyclic) bond motifs is 1. The number of carbonyl (C=O) groups is 2. The zero-order valence-corrected chi connectivity index (χ0v) is 11.9. The highest BCUT2D eigenvalue weighted by molar-refractivity contribution is 6.04. The Morgan fingerprint density at radius 3 is 2.48 bits per heavy atom. The molecule has 1 aliphatic rings. The summed E-state index contributed by atoms with van der Waals surface area (Å²) in [6.07, 6.45) is 0.891. The summed E-state index contributed by atoms with van der Waals surface area (Å²) >= 11 is 0. The molecule has 1 N–H and O–H groups in total. The first kappa shape index (κ1) is 13.6. The molecule has 1 saturated carbocycles. The Bertz CT molecular complexity index is 714. The topological polar surface area (TPSA) is 57.6 Å². The molecule has 1 amide bonds. The van der Waals surface area contributed by atoms with Gasteiger partial charge in [0, 0.05) is 13.6 Å². The van der Waals surface area contributed by atoms with Crippen molar-refractivity contribution in [3.8, 4) is 0 Å². The Hall–Kier alpha value is -2.36. The molecule has 0 spiro atoms. The first-order valence-electron chi connectivity index (χ1n) is 7.00. The summed E-state index contributed by atoms with van der Waals surface area (Å²) in [4.78, 5) is 25.1. The van der Waals surface area contributed by atoms with Crippen molar-refractivity contribution < 1.29 is 14.7 Å². The van der Waals surface area contributed by atoms with Gasteiger partial charge in [-0.25, -0.2) is 0 Å². The standard InChI is InChI=1S/C17H17NO3/c1-18(15(19)17(9-10-17)16(20)21)11-13-7-4-6-12-5-2-3-8-14(12)13/h2-8H,9-11H2,1H3,(H,20,21). The molecule has 108 valence electrons. The Morgan fingerprint density at radius 2 is 1.81 bits per heavy atom. The second-order valence-corrected chi connectivity index (χ2v) is 5.69. The maximum atomic E-state index is 12.4. The van der Waals surface area contributed by atoms with E-state index in [4.69, 9.17) is 0 Å². The molecular weight excluding hydrogens is 266 g/mol. The molecule has 0 unspecified atom stereocenters. The number of benzene rings is 2. The van der Waals surface area contributed by atoms with E-state index in [1.807, 2.05) is 42.5 Å². The van der Waals surface area contributed by atoms with E-state index in [-0.39, 0.29) is 5.91 Å². The van der Waals surface area contributed by atoms with Crippen LogP contribution in [0.3, 0.4) is 0 Å². The molecule has 0 aromatic heterocycles. The van der Waals surface area contributed by atoms with E-state index in [0.29, 0.717) is 19.4 Å². The molecule has 1 fully saturated rings. The van der Waals surface area contributed by atoms with Crippen LogP contribution in [-0.4, -0.2) is 28.9 Å². The minimum atomic E-state index is -1.17. The van der Waals surface area contributed by atoms with Gasteiger partial charge in [-0.15, -0.1) is 0 Å². The van der Waals surface area contributed by atoms with Crippen LogP contribution in [0.4, 0.5) is 0 Å². The van der Waals surface area contributed by atoms with Crippen molar-refractivity contribution in [1.82, 2.24) is 4.90 Å². The zero-order chi connectivity index (χ0) is 15.0. The van der Waals surface area contributed by atoms with E-state index in [0.717, 1.165) is 16.3 Å². The predicted molar refractivity (Wildman–Crippen MR) is 79.7 cm³/mol. The fraction of sp³-hybridized carbons (Fsp3) is 0.294. The summed E-state index contributed by atoms with van der Waals surface area (Å²) in [7, 11) is 1.67. The number of carboxylic acid groups (broad SMARTS) is 1. The molecule has 2 aromatic carbocycles. The summed E-state index contributed by atoms with van der Waals surface area (Å²) < 4.78 is 0. The van der Waals surface area contributed by atoms with Gasteiger partial charge in [0.1, 0.15) is 5.41 Å². The number of rotatable bonds is 4. The van der Waals surface area contributed by atoms with Crippen molar-refractivity contribution in [2.45, 2.75) is 19.4 Å². The molecule has 2 aromatic rings. The SMILES string of the molecule is CN(Cc1cccc2ccccc12)C(=O)C1(C(=O)O)CC1. The number of nitrogens with zero attached hydrogens (tertiary/aromatic N) is 1. The number of hydrogen-bond acceptors (Lipinski definition) is 2. The minimum absolute atomic E-state index is 0.289. The fourth-order valence-corrected chi connectivity index (χ4v) is 2.77. The van der Waals surface area contributed by atoms with Crippen LogP contribution in [-0.2, 0) is 16.1 Å². The van der Waals surface area contributed by atoms with Crippen LogP contribution >= 0.6 is 0 Å². The lowest BCUT2D eigenvalue weighted by atomic mass is 10.0. The summed E-state index contributed by atoms with van der Waals surface area (Å²) in [6, 6.07) is 14.0. The van der Waals surface area contributed by atoms with E-state index in [1.54, 1.807) is 7.05 Å². The largest absolute Gasteiger partial charge is 0.480 e. The lowest BCUT2D eigenvalue weighted by molar-refractivity contribution is -0.153. The first-order chi connectivity index (χ1) is 10.0. The summed E-state index contributed by atoms with van der Waals surface area (Å²) in [5.74, 6) is -1.29. The van der Waals surface area contributed by atoms with Crippen molar-refractivity contribution in [1.29, 1.82) is 0 Å². The van der Waals surface area contributed by atoms with Crippen LogP contribution in [0.25, 0.3) is 10.8 Å². The average Bonchev–Trinajstić information content (AvgIpc) is 3.28. The van der Waals surface area contributed by atoms with Gasteiger partial charge in [-0.05, 0) is 29.2 Å². The highest BCUT2D eigenvalue weighted by Gasteiger charge is 2.58. The highest BCUT2D eigenvalue weighted by atomic mass is 16.4. The van der Waals surface area contributed by atoms with E-state index in [9.17, 15) is 14.7 Å². The van der Waals surface area contributed by atoms with Crippen LogP contribution in [0.2, 0.25) is 0 Å². The molecule has 0 heterocycles. The summed E-state index contributed by atoms with van der Waals surface area (Å²) in [5, 5.41) is 11.4. The molecule has 21 heavy (non-hydrogen) atoms. The molecule has 1 aliphatic carbocycles. The predicted octanol–water partition coefficient (Wildman–Crippen LogP) is 2.66. The Kier molecular flexibility index (Phi) is 3.16. The Labute approximate surface area is 123 Å². The van der Waals surface area contributed by atoms with Gasteiger partial charge in [-0.3, -0.25) is 9.59 Å². The van der Waals surface area contributed by atoms with Crippen molar-refractivity contribution in [2.75, 3.05) is 7.05 Å². The van der Waals surface area contributed by atoms with Gasteiger partial charge in [-0.1, -0.05) is 42.5 Å². The first-order valence-corrected chi connectivity index (χ1v) is 7.00. The van der Waals surface area contributed by atoms with Gasteiger partial charge in [0.05, 0.1) is 0 Å². The molecule has 0 radical (unpaired) electrons. The molecule has 0 aliphatic heterocycles. The smallest absolute Gasteiger partial charge is 0.319 e. The molecule has 4 nitrogen and oxygen atoms in total. The third-order valence-electron chi connectivity index (χ3n) is 4.20. The van der Waals surface area contributed by atoms with Crippen molar-refractivity contribution in [3.63, 3.8) is 0 Å². The average molecular weight is 283 g/mol. The molecular formula is C17H17NO3. The zero-order valence-electron chi connectivity index (χ0n) is 11.9. The van der Waals surface area contributed by atoms with E-state index < -0.39 is 11.4 Å². The Balaban J connectivity index is 1.86. The molecule has 4 heteroatoms. The van der Waals surface area contributed by atoms with Gasteiger partial charge in [-0.2, -0.15) is 0 Å². The number of hydrogen-bond donors (Lipinski definition) is 1. The number of carboxylic acids is 1. The van der Waals surface area contributed by atoms with Crippen molar-refractivity contribution >= 4 is 22.6 Å². The third-order valence-corrected chi connectivity index (χ3v) is 4.20. The van der Waals surface area contributed by atoms with Crippen LogP contribution < -0.4 is 0 Å². The molecule has 0 saturated heterocycles. The van der Waals surface area contributed by atoms with Gasteiger partial charge >= 0.3 is 5.97 Å². The van der Waals surface area contributed by atoms with Crippen molar-refractivity contribution in [3.05, 3.63) is 48.0 Å². The maximum absolute atomic E-state index is 12.4. The maximum Gasteiger partial charge on any atom is 0.319 e. The van der Waals surface area contributed by atoms with E-state index >= 15 is 0 Å². The number of carbonyl (C=O) groups excluding carboxylic acids is 1. The van der Waals surface area contributed by atoms with E-state index in [1.165, 1.54) is 4.90 Å². The second kappa shape index (κ2) is 4.88. The van der Waals surface area contributed by atoms with Crippen LogP contribution in [0, 0.1) is 5.41 Å². The second-order valence-electron chi connectivity index (χ2n) is 5.69. The molecule has 0 bridgehead atoms. The number of amides is 1. The lowest BCUT2D eigenvalue weighted by Crippen LogP contribution is -2.38. The normalized spacial score (nSPS) is 15.7. The lowest BCUT2D eigenvalue weighted by Gasteiger charge is -2.22. The van der Waals surface area contributed by atoms with Crippen LogP contribution in [0.5, 0.6) is 0 Å². The monoisotopic (exact) mass is 283 g/mol. The quantitative estimate of drug-likeness (QED) is 0.878. The van der Waals surface area contributed by atoms with Gasteiger partial charge in [0.2, 0.25) is 5.91 Å². The van der Waals surface area contributed by atoms with Gasteiger partial charge in [0.25, 0.3) is 0 Å². The summed E-state index contributed by atoms with van der Waals surface area (Å²) in [6.45, 7) is 0.426.